The summed E-state index contributed by atoms with van der Waals surface area (Å²) >= 11 is 0. The fourth-order valence-electron chi connectivity index (χ4n) is 4.21. The number of carbonyl (C=O) groups is 1. The van der Waals surface area contributed by atoms with Crippen LogP contribution in [0, 0.1) is 5.82 Å². The number of aromatic nitrogens is 2. The van der Waals surface area contributed by atoms with E-state index in [1.165, 1.54) is 23.8 Å². The van der Waals surface area contributed by atoms with Crippen LogP contribution < -0.4 is 0 Å². The molecule has 0 aliphatic rings. The maximum absolute atomic E-state index is 14.8. The second-order valence-corrected chi connectivity index (χ2v) is 9.47. The Morgan fingerprint density at radius 1 is 0.941 bits per heavy atom. The molecule has 0 bridgehead atoms. The van der Waals surface area contributed by atoms with Crippen molar-refractivity contribution in [3.05, 3.63) is 83.7 Å². The Hall–Kier alpha value is -4.19. The fourth-order valence-corrected chi connectivity index (χ4v) is 4.21. The van der Waals surface area contributed by atoms with Crippen molar-refractivity contribution in [3.8, 4) is 28.3 Å². The van der Waals surface area contributed by atoms with Gasteiger partial charge in [0.15, 0.2) is 0 Å². The van der Waals surface area contributed by atoms with Crippen molar-refractivity contribution in [2.24, 2.45) is 0 Å². The van der Waals surface area contributed by atoms with E-state index in [1.807, 2.05) is 24.3 Å². The number of H-pyrrole nitrogens is 1. The van der Waals surface area contributed by atoms with Crippen molar-refractivity contribution in [2.45, 2.75) is 26.2 Å². The summed E-state index contributed by atoms with van der Waals surface area (Å²) in [6.07, 6.45) is 0. The van der Waals surface area contributed by atoms with E-state index in [0.29, 0.717) is 38.8 Å². The third-order valence-electron chi connectivity index (χ3n) is 6.09. The number of carboxylic acid groups (broad SMARTS) is 1. The smallest absolute Gasteiger partial charge is 0.335 e. The molecule has 1 aromatic heterocycles. The average Bonchev–Trinajstić information content (AvgIpc) is 3.23. The Bertz CT molecular complexity index is 1580. The summed E-state index contributed by atoms with van der Waals surface area (Å²) in [6, 6.07) is 19.0. The number of nitrogens with zero attached hydrogens (tertiary/aromatic N) is 1. The number of aromatic amines is 1. The SMILES string of the molecule is CC(C)(C)c1ccc(-c2cc(-c3nc4c(ccc5cc(C(=O)O)cc(O)c54)[nH]3)ccc2F)cc1. The number of hydrogen-bond acceptors (Lipinski definition) is 3. The van der Waals surface area contributed by atoms with Crippen LogP contribution >= 0.6 is 0 Å². The number of nitrogens with one attached hydrogen (secondary N) is 1. The van der Waals surface area contributed by atoms with E-state index >= 15 is 0 Å². The molecule has 5 aromatic rings. The lowest BCUT2D eigenvalue weighted by atomic mass is 9.86. The molecule has 0 saturated heterocycles. The Morgan fingerprint density at radius 3 is 2.32 bits per heavy atom. The number of halogens is 1. The summed E-state index contributed by atoms with van der Waals surface area (Å²) in [6.45, 7) is 6.40. The van der Waals surface area contributed by atoms with Gasteiger partial charge in [-0.05, 0) is 58.3 Å². The zero-order chi connectivity index (χ0) is 24.2. The summed E-state index contributed by atoms with van der Waals surface area (Å²) in [5.41, 5.74) is 4.31. The second kappa shape index (κ2) is 7.70. The average molecular weight is 455 g/mol. The highest BCUT2D eigenvalue weighted by Crippen LogP contribution is 2.35. The molecular weight excluding hydrogens is 431 g/mol. The topological polar surface area (TPSA) is 86.2 Å². The summed E-state index contributed by atoms with van der Waals surface area (Å²) < 4.78 is 14.8. The zero-order valence-electron chi connectivity index (χ0n) is 19.0. The van der Waals surface area contributed by atoms with Crippen LogP contribution in [-0.2, 0) is 5.41 Å². The van der Waals surface area contributed by atoms with Gasteiger partial charge in [0, 0.05) is 11.1 Å². The molecule has 4 aromatic carbocycles. The van der Waals surface area contributed by atoms with Gasteiger partial charge in [-0.3, -0.25) is 0 Å². The van der Waals surface area contributed by atoms with Crippen LogP contribution in [0.3, 0.4) is 0 Å². The van der Waals surface area contributed by atoms with Gasteiger partial charge < -0.3 is 15.2 Å². The summed E-state index contributed by atoms with van der Waals surface area (Å²) in [7, 11) is 0. The van der Waals surface area contributed by atoms with Crippen molar-refractivity contribution in [3.63, 3.8) is 0 Å². The Morgan fingerprint density at radius 2 is 1.65 bits per heavy atom. The first-order chi connectivity index (χ1) is 16.1. The normalized spacial score (nSPS) is 11.9. The lowest BCUT2D eigenvalue weighted by Gasteiger charge is -2.19. The molecular formula is C28H23FN2O3. The van der Waals surface area contributed by atoms with Gasteiger partial charge in [-0.15, -0.1) is 0 Å². The van der Waals surface area contributed by atoms with Gasteiger partial charge in [-0.25, -0.2) is 14.2 Å². The van der Waals surface area contributed by atoms with Crippen molar-refractivity contribution in [2.75, 3.05) is 0 Å². The molecule has 0 saturated carbocycles. The molecule has 0 aliphatic heterocycles. The van der Waals surface area contributed by atoms with Crippen LogP contribution in [0.1, 0.15) is 36.7 Å². The molecule has 3 N–H and O–H groups in total. The van der Waals surface area contributed by atoms with Crippen LogP contribution in [0.5, 0.6) is 5.75 Å². The van der Waals surface area contributed by atoms with Crippen molar-refractivity contribution >= 4 is 27.8 Å². The van der Waals surface area contributed by atoms with E-state index in [-0.39, 0.29) is 22.5 Å². The van der Waals surface area contributed by atoms with Crippen LogP contribution in [0.15, 0.2) is 66.7 Å². The first-order valence-corrected chi connectivity index (χ1v) is 10.9. The second-order valence-electron chi connectivity index (χ2n) is 9.47. The van der Waals surface area contributed by atoms with Crippen molar-refractivity contribution in [1.82, 2.24) is 9.97 Å². The Balaban J connectivity index is 1.61. The van der Waals surface area contributed by atoms with E-state index in [1.54, 1.807) is 24.3 Å². The number of benzene rings is 4. The summed E-state index contributed by atoms with van der Waals surface area (Å²) in [4.78, 5) is 19.2. The minimum absolute atomic E-state index is 0.000708. The van der Waals surface area contributed by atoms with Crippen LogP contribution in [0.4, 0.5) is 4.39 Å². The molecule has 0 radical (unpaired) electrons. The molecule has 170 valence electrons. The van der Waals surface area contributed by atoms with E-state index in [9.17, 15) is 19.4 Å². The number of hydrogen-bond donors (Lipinski definition) is 3. The minimum atomic E-state index is -1.12. The number of phenolic OH excluding ortho intramolecular Hbond substituents is 1. The standard InChI is InChI=1S/C28H23FN2O3/c1-28(2,3)19-8-4-15(5-9-19)20-13-17(6-10-21(20)29)26-30-22-11-7-16-12-18(27(33)34)14-23(32)24(16)25(22)31-26/h4-14,32H,1-3H3,(H,30,31)(H,33,34). The zero-order valence-corrected chi connectivity index (χ0v) is 19.0. The maximum Gasteiger partial charge on any atom is 0.335 e. The minimum Gasteiger partial charge on any atom is -0.507 e. The monoisotopic (exact) mass is 454 g/mol. The largest absolute Gasteiger partial charge is 0.507 e. The lowest BCUT2D eigenvalue weighted by Crippen LogP contribution is -2.10. The molecule has 0 fully saturated rings. The molecule has 0 spiro atoms. The van der Waals surface area contributed by atoms with Crippen LogP contribution in [0.2, 0.25) is 0 Å². The third kappa shape index (κ3) is 3.67. The molecule has 1 heterocycles. The number of carboxylic acids is 1. The van der Waals surface area contributed by atoms with E-state index in [0.717, 1.165) is 5.56 Å². The van der Waals surface area contributed by atoms with Crippen LogP contribution in [-0.4, -0.2) is 26.2 Å². The van der Waals surface area contributed by atoms with E-state index < -0.39 is 5.97 Å². The van der Waals surface area contributed by atoms with Crippen molar-refractivity contribution in [1.29, 1.82) is 0 Å². The molecule has 0 atom stereocenters. The molecule has 0 unspecified atom stereocenters. The number of fused-ring (bicyclic) bond motifs is 3. The lowest BCUT2D eigenvalue weighted by molar-refractivity contribution is 0.0696. The van der Waals surface area contributed by atoms with E-state index in [2.05, 4.69) is 30.7 Å². The highest BCUT2D eigenvalue weighted by Gasteiger charge is 2.17. The molecule has 34 heavy (non-hydrogen) atoms. The number of phenols is 1. The van der Waals surface area contributed by atoms with Gasteiger partial charge in [0.25, 0.3) is 0 Å². The van der Waals surface area contributed by atoms with Crippen molar-refractivity contribution < 1.29 is 19.4 Å². The fraction of sp³-hybridized carbons (Fsp3) is 0.143. The highest BCUT2D eigenvalue weighted by atomic mass is 19.1. The quantitative estimate of drug-likeness (QED) is 0.277. The first-order valence-electron chi connectivity index (χ1n) is 10.9. The van der Waals surface area contributed by atoms with Crippen LogP contribution in [0.25, 0.3) is 44.3 Å². The van der Waals surface area contributed by atoms with Gasteiger partial charge >= 0.3 is 5.97 Å². The molecule has 0 aliphatic carbocycles. The van der Waals surface area contributed by atoms with Gasteiger partial charge in [0.2, 0.25) is 0 Å². The highest BCUT2D eigenvalue weighted by molar-refractivity contribution is 6.10. The number of aromatic carboxylic acids is 1. The molecule has 0 amide bonds. The Kier molecular flexibility index (Phi) is 4.90. The van der Waals surface area contributed by atoms with Gasteiger partial charge in [0.1, 0.15) is 22.9 Å². The molecule has 5 nitrogen and oxygen atoms in total. The predicted molar refractivity (Wildman–Crippen MR) is 132 cm³/mol. The Labute approximate surface area is 195 Å². The number of aromatic hydroxyl groups is 1. The van der Waals surface area contributed by atoms with Gasteiger partial charge in [-0.2, -0.15) is 0 Å². The number of rotatable bonds is 3. The van der Waals surface area contributed by atoms with E-state index in [4.69, 9.17) is 0 Å². The summed E-state index contributed by atoms with van der Waals surface area (Å²) in [5, 5.41) is 20.8. The maximum atomic E-state index is 14.8. The first kappa shape index (κ1) is 21.6. The molecule has 6 heteroatoms. The molecule has 5 rings (SSSR count). The van der Waals surface area contributed by atoms with Gasteiger partial charge in [-0.1, -0.05) is 51.1 Å². The third-order valence-corrected chi connectivity index (χ3v) is 6.09. The summed E-state index contributed by atoms with van der Waals surface area (Å²) in [5.74, 6) is -1.07. The predicted octanol–water partition coefficient (Wildman–Crippen LogP) is 6.89. The van der Waals surface area contributed by atoms with Gasteiger partial charge in [0.05, 0.1) is 16.5 Å². The number of imidazole rings is 1.